The molecule has 2 nitrogen and oxygen atoms in total. The van der Waals surface area contributed by atoms with Crippen LogP contribution in [0.15, 0.2) is 18.2 Å². The van der Waals surface area contributed by atoms with Crippen molar-refractivity contribution in [3.63, 3.8) is 0 Å². The molecule has 0 saturated heterocycles. The van der Waals surface area contributed by atoms with E-state index in [-0.39, 0.29) is 11.9 Å². The number of anilines is 1. The van der Waals surface area contributed by atoms with Gasteiger partial charge in [-0.25, -0.2) is 4.39 Å². The molecule has 2 rings (SSSR count). The molecule has 0 spiro atoms. The highest BCUT2D eigenvalue weighted by Crippen LogP contribution is 2.39. The zero-order valence-corrected chi connectivity index (χ0v) is 12.4. The Morgan fingerprint density at radius 3 is 2.68 bits per heavy atom. The van der Waals surface area contributed by atoms with Gasteiger partial charge in [-0.3, -0.25) is 0 Å². The normalized spacial score (nSPS) is 23.2. The van der Waals surface area contributed by atoms with Crippen molar-refractivity contribution in [2.75, 3.05) is 25.0 Å². The Balaban J connectivity index is 2.05. The third-order valence-electron chi connectivity index (χ3n) is 4.18. The topological polar surface area (TPSA) is 15.3 Å². The summed E-state index contributed by atoms with van der Waals surface area (Å²) in [5, 5.41) is 3.31. The Hall–Kier alpha value is -1.09. The molecule has 0 aromatic heterocycles. The fourth-order valence-corrected chi connectivity index (χ4v) is 2.63. The van der Waals surface area contributed by atoms with E-state index in [0.717, 1.165) is 30.5 Å². The maximum atomic E-state index is 14.2. The maximum absolute atomic E-state index is 14.2. The molecular formula is C16H25FN2. The summed E-state index contributed by atoms with van der Waals surface area (Å²) in [6.45, 7) is 8.24. The van der Waals surface area contributed by atoms with E-state index in [1.54, 1.807) is 6.07 Å². The van der Waals surface area contributed by atoms with Gasteiger partial charge in [0.15, 0.2) is 0 Å². The van der Waals surface area contributed by atoms with E-state index < -0.39 is 0 Å². The van der Waals surface area contributed by atoms with Crippen molar-refractivity contribution in [1.29, 1.82) is 0 Å². The molecule has 1 N–H and O–H groups in total. The highest BCUT2D eigenvalue weighted by atomic mass is 19.1. The summed E-state index contributed by atoms with van der Waals surface area (Å²) >= 11 is 0. The average Bonchev–Trinajstić information content (AvgIpc) is 3.04. The first kappa shape index (κ1) is 14.3. The van der Waals surface area contributed by atoms with Crippen molar-refractivity contribution in [2.45, 2.75) is 33.2 Å². The Morgan fingerprint density at radius 2 is 2.16 bits per heavy atom. The van der Waals surface area contributed by atoms with Gasteiger partial charge in [0.05, 0.1) is 5.69 Å². The van der Waals surface area contributed by atoms with Crippen LogP contribution >= 0.6 is 0 Å². The van der Waals surface area contributed by atoms with E-state index in [4.69, 9.17) is 0 Å². The van der Waals surface area contributed by atoms with Crippen LogP contribution in [0.2, 0.25) is 0 Å². The third-order valence-corrected chi connectivity index (χ3v) is 4.18. The monoisotopic (exact) mass is 264 g/mol. The predicted octanol–water partition coefficient (Wildman–Crippen LogP) is 3.59. The highest BCUT2D eigenvalue weighted by Gasteiger charge is 2.33. The lowest BCUT2D eigenvalue weighted by Crippen LogP contribution is -2.22. The van der Waals surface area contributed by atoms with E-state index in [1.807, 2.05) is 24.1 Å². The fourth-order valence-electron chi connectivity index (χ4n) is 2.63. The molecule has 1 fully saturated rings. The SMILES string of the molecule is CCNC(C)c1ccc(N(C)CC2CC2C)c(F)c1. The fraction of sp³-hybridized carbons (Fsp3) is 0.625. The molecule has 0 amide bonds. The summed E-state index contributed by atoms with van der Waals surface area (Å²) in [7, 11) is 1.98. The van der Waals surface area contributed by atoms with Crippen LogP contribution in [-0.4, -0.2) is 20.1 Å². The zero-order valence-electron chi connectivity index (χ0n) is 12.4. The number of nitrogens with zero attached hydrogens (tertiary/aromatic N) is 1. The van der Waals surface area contributed by atoms with Gasteiger partial charge in [-0.2, -0.15) is 0 Å². The van der Waals surface area contributed by atoms with Crippen LogP contribution in [0.4, 0.5) is 10.1 Å². The Labute approximate surface area is 116 Å². The van der Waals surface area contributed by atoms with Crippen molar-refractivity contribution >= 4 is 5.69 Å². The summed E-state index contributed by atoms with van der Waals surface area (Å²) in [6.07, 6.45) is 1.28. The molecule has 1 aromatic carbocycles. The molecule has 19 heavy (non-hydrogen) atoms. The van der Waals surface area contributed by atoms with E-state index in [2.05, 4.69) is 26.1 Å². The smallest absolute Gasteiger partial charge is 0.146 e. The number of benzene rings is 1. The van der Waals surface area contributed by atoms with Crippen molar-refractivity contribution in [3.05, 3.63) is 29.6 Å². The van der Waals surface area contributed by atoms with Gasteiger partial charge >= 0.3 is 0 Å². The summed E-state index contributed by atoms with van der Waals surface area (Å²) in [5.41, 5.74) is 1.72. The van der Waals surface area contributed by atoms with Gasteiger partial charge in [0, 0.05) is 19.6 Å². The second-order valence-corrected chi connectivity index (χ2v) is 5.84. The lowest BCUT2D eigenvalue weighted by molar-refractivity contribution is 0.580. The molecule has 3 atom stereocenters. The molecule has 3 unspecified atom stereocenters. The highest BCUT2D eigenvalue weighted by molar-refractivity contribution is 5.49. The molecule has 0 radical (unpaired) electrons. The van der Waals surface area contributed by atoms with Crippen LogP contribution in [-0.2, 0) is 0 Å². The van der Waals surface area contributed by atoms with Crippen LogP contribution in [0.5, 0.6) is 0 Å². The van der Waals surface area contributed by atoms with E-state index >= 15 is 0 Å². The first-order valence-electron chi connectivity index (χ1n) is 7.26. The van der Waals surface area contributed by atoms with Gasteiger partial charge in [-0.05, 0) is 49.4 Å². The van der Waals surface area contributed by atoms with Crippen LogP contribution in [0.25, 0.3) is 0 Å². The number of rotatable bonds is 6. The zero-order chi connectivity index (χ0) is 14.0. The van der Waals surface area contributed by atoms with E-state index in [1.165, 1.54) is 6.42 Å². The number of halogens is 1. The van der Waals surface area contributed by atoms with Crippen LogP contribution in [0, 0.1) is 17.7 Å². The van der Waals surface area contributed by atoms with Crippen LogP contribution < -0.4 is 10.2 Å². The minimum Gasteiger partial charge on any atom is -0.372 e. The van der Waals surface area contributed by atoms with Gasteiger partial charge < -0.3 is 10.2 Å². The first-order valence-corrected chi connectivity index (χ1v) is 7.26. The Bertz CT molecular complexity index is 433. The van der Waals surface area contributed by atoms with Crippen LogP contribution in [0.1, 0.15) is 38.8 Å². The predicted molar refractivity (Wildman–Crippen MR) is 79.0 cm³/mol. The standard InChI is InChI=1S/C16H25FN2/c1-5-18-12(3)13-6-7-16(15(17)9-13)19(4)10-14-8-11(14)2/h6-7,9,11-12,14,18H,5,8,10H2,1-4H3. The van der Waals surface area contributed by atoms with Gasteiger partial charge in [0.1, 0.15) is 5.82 Å². The Morgan fingerprint density at radius 1 is 1.47 bits per heavy atom. The van der Waals surface area contributed by atoms with Crippen molar-refractivity contribution in [2.24, 2.45) is 11.8 Å². The second-order valence-electron chi connectivity index (χ2n) is 5.84. The summed E-state index contributed by atoms with van der Waals surface area (Å²) in [4.78, 5) is 2.05. The molecule has 0 aliphatic heterocycles. The molecule has 106 valence electrons. The third kappa shape index (κ3) is 3.47. The molecule has 1 saturated carbocycles. The number of hydrogen-bond donors (Lipinski definition) is 1. The summed E-state index contributed by atoms with van der Waals surface area (Å²) in [6, 6.07) is 5.79. The van der Waals surface area contributed by atoms with Crippen LogP contribution in [0.3, 0.4) is 0 Å². The minimum atomic E-state index is -0.113. The number of nitrogens with one attached hydrogen (secondary N) is 1. The van der Waals surface area contributed by atoms with E-state index in [9.17, 15) is 4.39 Å². The van der Waals surface area contributed by atoms with Gasteiger partial charge in [0.25, 0.3) is 0 Å². The summed E-state index contributed by atoms with van der Waals surface area (Å²) < 4.78 is 14.2. The molecule has 1 aliphatic rings. The average molecular weight is 264 g/mol. The Kier molecular flexibility index (Phi) is 4.46. The molecule has 1 aromatic rings. The minimum absolute atomic E-state index is 0.113. The summed E-state index contributed by atoms with van der Waals surface area (Å²) in [5.74, 6) is 1.43. The van der Waals surface area contributed by atoms with Crippen molar-refractivity contribution < 1.29 is 4.39 Å². The van der Waals surface area contributed by atoms with Gasteiger partial charge in [-0.15, -0.1) is 0 Å². The largest absolute Gasteiger partial charge is 0.372 e. The number of hydrogen-bond acceptors (Lipinski definition) is 2. The van der Waals surface area contributed by atoms with Crippen molar-refractivity contribution in [3.8, 4) is 0 Å². The molecule has 0 bridgehead atoms. The lowest BCUT2D eigenvalue weighted by Gasteiger charge is -2.21. The second kappa shape index (κ2) is 5.91. The quantitative estimate of drug-likeness (QED) is 0.844. The maximum Gasteiger partial charge on any atom is 0.146 e. The first-order chi connectivity index (χ1) is 9.02. The lowest BCUT2D eigenvalue weighted by atomic mass is 10.1. The molecule has 1 aliphatic carbocycles. The van der Waals surface area contributed by atoms with Gasteiger partial charge in [-0.1, -0.05) is 19.9 Å². The van der Waals surface area contributed by atoms with E-state index in [0.29, 0.717) is 5.69 Å². The van der Waals surface area contributed by atoms with Crippen molar-refractivity contribution in [1.82, 2.24) is 5.32 Å². The molecular weight excluding hydrogens is 239 g/mol. The molecule has 0 heterocycles. The molecule has 3 heteroatoms. The van der Waals surface area contributed by atoms with Gasteiger partial charge in [0.2, 0.25) is 0 Å².